The molecule has 0 bridgehead atoms. The molecular formula is C47H52Br4O8S6. The van der Waals surface area contributed by atoms with Gasteiger partial charge in [-0.15, -0.1) is 70.6 Å². The van der Waals surface area contributed by atoms with Crippen molar-refractivity contribution in [3.8, 4) is 11.5 Å². The van der Waals surface area contributed by atoms with Gasteiger partial charge in [-0.25, -0.2) is 9.59 Å². The van der Waals surface area contributed by atoms with Gasteiger partial charge in [0.1, 0.15) is 24.7 Å². The quantitative estimate of drug-likeness (QED) is 0.0339. The summed E-state index contributed by atoms with van der Waals surface area (Å²) in [6.07, 6.45) is 13.2. The van der Waals surface area contributed by atoms with Gasteiger partial charge < -0.3 is 28.4 Å². The van der Waals surface area contributed by atoms with Crippen LogP contribution in [0.3, 0.4) is 0 Å². The lowest BCUT2D eigenvalue weighted by molar-refractivity contribution is -0.149. The smallest absolute Gasteiger partial charge is 0.330 e. The molecule has 65 heavy (non-hydrogen) atoms. The van der Waals surface area contributed by atoms with Crippen LogP contribution in [0, 0.1) is 0 Å². The van der Waals surface area contributed by atoms with Gasteiger partial charge >= 0.3 is 11.9 Å². The molecule has 352 valence electrons. The zero-order valence-electron chi connectivity index (χ0n) is 37.3. The van der Waals surface area contributed by atoms with Gasteiger partial charge in [0.15, 0.2) is 12.2 Å². The number of hydrogen-bond acceptors (Lipinski definition) is 14. The third-order valence-electron chi connectivity index (χ3n) is 9.90. The fourth-order valence-corrected chi connectivity index (χ4v) is 13.2. The highest BCUT2D eigenvalue weighted by molar-refractivity contribution is 9.11. The molecule has 0 aromatic heterocycles. The Morgan fingerprint density at radius 1 is 0.538 bits per heavy atom. The van der Waals surface area contributed by atoms with E-state index in [-0.39, 0.29) is 26.4 Å². The van der Waals surface area contributed by atoms with Crippen LogP contribution in [0.1, 0.15) is 36.1 Å². The number of carbonyl (C=O) groups excluding carboxylic acids is 2. The summed E-state index contributed by atoms with van der Waals surface area (Å²) in [5.41, 5.74) is 3.67. The number of halogens is 4. The SMILES string of the molecule is C=CC(=O)OC(COCc1c(SC)cc(SC)cc1SC)COc1c(Br)cc(C(C)(C)c2cc(Br)c(OCC(COCc3c(SC)cc(SC)cc3SC)OC(=O)C=C)c(Br)c2)cc1Br. The molecule has 0 aliphatic rings. The molecule has 0 fully saturated rings. The molecule has 4 aromatic carbocycles. The second-order valence-electron chi connectivity index (χ2n) is 14.4. The van der Waals surface area contributed by atoms with E-state index < -0.39 is 29.6 Å². The minimum atomic E-state index is -0.701. The van der Waals surface area contributed by atoms with Crippen molar-refractivity contribution >= 4 is 146 Å². The van der Waals surface area contributed by atoms with E-state index in [1.54, 1.807) is 70.6 Å². The molecule has 0 saturated carbocycles. The molecule has 0 aliphatic carbocycles. The molecule has 18 heteroatoms. The van der Waals surface area contributed by atoms with Crippen molar-refractivity contribution in [2.75, 3.05) is 64.0 Å². The number of carbonyl (C=O) groups is 2. The summed E-state index contributed by atoms with van der Waals surface area (Å²) in [7, 11) is 0. The largest absolute Gasteiger partial charge is 0.487 e. The van der Waals surface area contributed by atoms with Crippen molar-refractivity contribution in [2.45, 2.75) is 74.1 Å². The van der Waals surface area contributed by atoms with Crippen molar-refractivity contribution in [1.29, 1.82) is 0 Å². The Bertz CT molecular complexity index is 2060. The maximum absolute atomic E-state index is 12.4. The van der Waals surface area contributed by atoms with Gasteiger partial charge in [0.25, 0.3) is 0 Å². The van der Waals surface area contributed by atoms with Crippen molar-refractivity contribution in [3.05, 3.63) is 114 Å². The third kappa shape index (κ3) is 15.9. The molecule has 0 saturated heterocycles. The standard InChI is InChI=1S/C47H52Br4O8S6/c1-11-43(52)58-29(21-54-25-33-39(62-7)17-31(60-5)18-40(33)63-8)23-56-45-35(48)13-27(14-36(45)49)47(3,4)28-15-37(50)46(38(51)16-28)57-24-30(59-44(53)12-2)22-55-26-34-41(64-9)19-32(61-6)20-42(34)65-10/h11-20,29-30H,1-2,21-26H2,3-10H3. The predicted molar refractivity (Wildman–Crippen MR) is 290 cm³/mol. The number of benzene rings is 4. The number of esters is 2. The monoisotopic (exact) mass is 1250 g/mol. The molecule has 2 atom stereocenters. The van der Waals surface area contributed by atoms with Crippen LogP contribution in [0.5, 0.6) is 11.5 Å². The van der Waals surface area contributed by atoms with Crippen molar-refractivity contribution < 1.29 is 38.0 Å². The number of hydrogen-bond donors (Lipinski definition) is 0. The Balaban J connectivity index is 1.47. The Labute approximate surface area is 443 Å². The second kappa shape index (κ2) is 27.9. The minimum absolute atomic E-state index is 0.0425. The van der Waals surface area contributed by atoms with Crippen LogP contribution in [-0.2, 0) is 47.2 Å². The van der Waals surface area contributed by atoms with Gasteiger partial charge in [0.2, 0.25) is 0 Å². The summed E-state index contributed by atoms with van der Waals surface area (Å²) in [5, 5.41) is 0. The lowest BCUT2D eigenvalue weighted by Gasteiger charge is -2.29. The Hall–Kier alpha value is -1.16. The minimum Gasteiger partial charge on any atom is -0.487 e. The lowest BCUT2D eigenvalue weighted by Crippen LogP contribution is -2.29. The van der Waals surface area contributed by atoms with Gasteiger partial charge in [-0.05, 0) is 161 Å². The normalized spacial score (nSPS) is 12.4. The zero-order chi connectivity index (χ0) is 47.8. The summed E-state index contributed by atoms with van der Waals surface area (Å²) in [5.74, 6) is -0.0201. The summed E-state index contributed by atoms with van der Waals surface area (Å²) in [4.78, 5) is 31.7. The molecule has 8 nitrogen and oxygen atoms in total. The van der Waals surface area contributed by atoms with Crippen LogP contribution in [0.25, 0.3) is 0 Å². The topological polar surface area (TPSA) is 89.5 Å². The van der Waals surface area contributed by atoms with Gasteiger partial charge in [-0.2, -0.15) is 0 Å². The van der Waals surface area contributed by atoms with E-state index in [4.69, 9.17) is 28.4 Å². The maximum Gasteiger partial charge on any atom is 0.330 e. The van der Waals surface area contributed by atoms with Gasteiger partial charge in [-0.1, -0.05) is 27.0 Å². The van der Waals surface area contributed by atoms with E-state index in [0.717, 1.165) is 54.0 Å². The Morgan fingerprint density at radius 2 is 0.846 bits per heavy atom. The molecule has 4 aromatic rings. The van der Waals surface area contributed by atoms with Crippen molar-refractivity contribution in [3.63, 3.8) is 0 Å². The first-order valence-electron chi connectivity index (χ1n) is 19.7. The highest BCUT2D eigenvalue weighted by Gasteiger charge is 2.29. The van der Waals surface area contributed by atoms with E-state index in [1.807, 2.05) is 24.3 Å². The van der Waals surface area contributed by atoms with Crippen molar-refractivity contribution in [2.24, 2.45) is 0 Å². The number of thioether (sulfide) groups is 6. The molecule has 2 unspecified atom stereocenters. The fraction of sp³-hybridized carbons (Fsp3) is 0.362. The van der Waals surface area contributed by atoms with E-state index >= 15 is 0 Å². The predicted octanol–water partition coefficient (Wildman–Crippen LogP) is 14.8. The summed E-state index contributed by atoms with van der Waals surface area (Å²) in [6, 6.07) is 16.7. The van der Waals surface area contributed by atoms with Crippen molar-refractivity contribution in [1.82, 2.24) is 0 Å². The van der Waals surface area contributed by atoms with Gasteiger partial charge in [0.05, 0.1) is 44.3 Å². The molecular weight excluding hydrogens is 1200 g/mol. The summed E-state index contributed by atoms with van der Waals surface area (Å²) >= 11 is 25.1. The molecule has 0 heterocycles. The van der Waals surface area contributed by atoms with E-state index in [1.165, 1.54) is 9.79 Å². The third-order valence-corrected chi connectivity index (χ3v) is 16.9. The van der Waals surface area contributed by atoms with Gasteiger partial charge in [-0.3, -0.25) is 0 Å². The highest BCUT2D eigenvalue weighted by atomic mass is 79.9. The van der Waals surface area contributed by atoms with Crippen LogP contribution in [-0.4, -0.2) is 88.1 Å². The lowest BCUT2D eigenvalue weighted by atomic mass is 9.78. The van der Waals surface area contributed by atoms with Gasteiger partial charge in [0, 0.05) is 58.1 Å². The van der Waals surface area contributed by atoms with E-state index in [0.29, 0.717) is 42.6 Å². The van der Waals surface area contributed by atoms with Crippen LogP contribution in [0.4, 0.5) is 0 Å². The second-order valence-corrected chi connectivity index (χ2v) is 22.9. The summed E-state index contributed by atoms with van der Waals surface area (Å²) < 4.78 is 39.1. The zero-order valence-corrected chi connectivity index (χ0v) is 48.6. The number of ether oxygens (including phenoxy) is 6. The Morgan fingerprint density at radius 3 is 1.11 bits per heavy atom. The molecule has 0 N–H and O–H groups in total. The Kier molecular flexibility index (Phi) is 24.2. The average Bonchev–Trinajstić information content (AvgIpc) is 3.29. The van der Waals surface area contributed by atoms with Crippen LogP contribution >= 0.6 is 134 Å². The van der Waals surface area contributed by atoms with E-state index in [2.05, 4.69) is 153 Å². The number of rotatable bonds is 26. The molecule has 0 spiro atoms. The first kappa shape index (κ1) is 56.4. The fourth-order valence-electron chi connectivity index (χ4n) is 6.32. The molecule has 0 radical (unpaired) electrons. The van der Waals surface area contributed by atoms with Crippen LogP contribution in [0.2, 0.25) is 0 Å². The molecule has 4 rings (SSSR count). The molecule has 0 amide bonds. The first-order valence-corrected chi connectivity index (χ1v) is 30.2. The summed E-state index contributed by atoms with van der Waals surface area (Å²) in [6.45, 7) is 12.4. The maximum atomic E-state index is 12.4. The average molecular weight is 1260 g/mol. The van der Waals surface area contributed by atoms with Crippen LogP contribution in [0.15, 0.2) is 121 Å². The highest BCUT2D eigenvalue weighted by Crippen LogP contribution is 2.44. The van der Waals surface area contributed by atoms with Crippen LogP contribution < -0.4 is 9.47 Å². The first-order chi connectivity index (χ1) is 31.1. The van der Waals surface area contributed by atoms with E-state index in [9.17, 15) is 9.59 Å². The molecule has 0 aliphatic heterocycles.